The molecular formula is C26H26N4O. The second-order valence-corrected chi connectivity index (χ2v) is 8.41. The van der Waals surface area contributed by atoms with Gasteiger partial charge in [-0.1, -0.05) is 30.3 Å². The Hall–Kier alpha value is -3.31. The number of rotatable bonds is 6. The van der Waals surface area contributed by atoms with E-state index in [1.54, 1.807) is 6.33 Å². The maximum atomic E-state index is 13.0. The Bertz CT molecular complexity index is 1240. The number of ketones is 1. The van der Waals surface area contributed by atoms with Crippen LogP contribution in [0.25, 0.3) is 22.0 Å². The molecule has 0 spiro atoms. The zero-order valence-corrected chi connectivity index (χ0v) is 17.8. The molecule has 156 valence electrons. The topological polar surface area (TPSA) is 51.0 Å². The van der Waals surface area contributed by atoms with Crippen LogP contribution in [0.4, 0.5) is 0 Å². The summed E-state index contributed by atoms with van der Waals surface area (Å²) in [6.45, 7) is 3.23. The number of hydrogen-bond donors (Lipinski definition) is 0. The largest absolute Gasteiger partial charge is 0.334 e. The minimum atomic E-state index is 0.109. The van der Waals surface area contributed by atoms with Gasteiger partial charge < -0.3 is 4.57 Å². The van der Waals surface area contributed by atoms with E-state index >= 15 is 0 Å². The van der Waals surface area contributed by atoms with Crippen molar-refractivity contribution in [1.82, 2.24) is 19.4 Å². The van der Waals surface area contributed by atoms with Crippen LogP contribution in [0.3, 0.4) is 0 Å². The fourth-order valence-corrected chi connectivity index (χ4v) is 4.39. The summed E-state index contributed by atoms with van der Waals surface area (Å²) in [5.74, 6) is 0.109. The first-order chi connectivity index (χ1) is 15.2. The highest BCUT2D eigenvalue weighted by molar-refractivity contribution is 5.98. The Balaban J connectivity index is 1.36. The van der Waals surface area contributed by atoms with Crippen LogP contribution in [-0.2, 0) is 20.0 Å². The van der Waals surface area contributed by atoms with E-state index in [0.29, 0.717) is 6.42 Å². The predicted molar refractivity (Wildman–Crippen MR) is 123 cm³/mol. The predicted octanol–water partition coefficient (Wildman–Crippen LogP) is 4.66. The van der Waals surface area contributed by atoms with Gasteiger partial charge in [0.2, 0.25) is 0 Å². The van der Waals surface area contributed by atoms with Crippen LogP contribution in [0, 0.1) is 0 Å². The van der Waals surface area contributed by atoms with E-state index in [-0.39, 0.29) is 5.78 Å². The molecule has 1 saturated heterocycles. The molecule has 0 aliphatic carbocycles. The van der Waals surface area contributed by atoms with Crippen molar-refractivity contribution in [2.24, 2.45) is 7.05 Å². The van der Waals surface area contributed by atoms with Crippen LogP contribution < -0.4 is 0 Å². The Morgan fingerprint density at radius 2 is 1.87 bits per heavy atom. The normalized spacial score (nSPS) is 14.4. The molecule has 0 atom stereocenters. The maximum absolute atomic E-state index is 13.0. The van der Waals surface area contributed by atoms with E-state index < -0.39 is 0 Å². The SMILES string of the molecule is Cn1cncc1-c1ccc2cnc(CC(=O)c3cccc(CN4CCCC4)c3)cc2c1. The number of carbonyl (C=O) groups is 1. The fraction of sp³-hybridized carbons (Fsp3) is 0.269. The van der Waals surface area contributed by atoms with E-state index in [9.17, 15) is 4.79 Å². The molecule has 5 heteroatoms. The Labute approximate surface area is 182 Å². The highest BCUT2D eigenvalue weighted by atomic mass is 16.1. The van der Waals surface area contributed by atoms with Gasteiger partial charge in [0.25, 0.3) is 0 Å². The lowest BCUT2D eigenvalue weighted by Gasteiger charge is -2.15. The van der Waals surface area contributed by atoms with Crippen LogP contribution in [0.15, 0.2) is 67.3 Å². The summed E-state index contributed by atoms with van der Waals surface area (Å²) in [5.41, 5.74) is 4.93. The van der Waals surface area contributed by atoms with Gasteiger partial charge in [-0.25, -0.2) is 4.98 Å². The number of nitrogens with zero attached hydrogens (tertiary/aromatic N) is 4. The zero-order valence-electron chi connectivity index (χ0n) is 17.8. The van der Waals surface area contributed by atoms with E-state index in [1.807, 2.05) is 48.3 Å². The Kier molecular flexibility index (Phi) is 5.35. The number of likely N-dealkylation sites (tertiary alicyclic amines) is 1. The number of aromatic nitrogens is 3. The summed E-state index contributed by atoms with van der Waals surface area (Å²) < 4.78 is 2.00. The van der Waals surface area contributed by atoms with E-state index in [2.05, 4.69) is 39.1 Å². The molecule has 2 aromatic carbocycles. The molecule has 0 saturated carbocycles. The lowest BCUT2D eigenvalue weighted by Crippen LogP contribution is -2.18. The van der Waals surface area contributed by atoms with E-state index in [4.69, 9.17) is 0 Å². The van der Waals surface area contributed by atoms with Gasteiger partial charge in [-0.05, 0) is 55.1 Å². The minimum Gasteiger partial charge on any atom is -0.334 e. The van der Waals surface area contributed by atoms with Gasteiger partial charge in [0.1, 0.15) is 0 Å². The van der Waals surface area contributed by atoms with Gasteiger partial charge in [-0.2, -0.15) is 0 Å². The Morgan fingerprint density at radius 1 is 1.00 bits per heavy atom. The van der Waals surface area contributed by atoms with Gasteiger partial charge in [0.05, 0.1) is 24.6 Å². The molecule has 31 heavy (non-hydrogen) atoms. The number of imidazole rings is 1. The number of fused-ring (bicyclic) bond motifs is 1. The number of pyridine rings is 1. The van der Waals surface area contributed by atoms with Crippen molar-refractivity contribution in [3.63, 3.8) is 0 Å². The fourth-order valence-electron chi connectivity index (χ4n) is 4.39. The third-order valence-electron chi connectivity index (χ3n) is 6.09. The number of hydrogen-bond acceptors (Lipinski definition) is 4. The minimum absolute atomic E-state index is 0.109. The second kappa shape index (κ2) is 8.44. The van der Waals surface area contributed by atoms with Crippen molar-refractivity contribution in [1.29, 1.82) is 0 Å². The van der Waals surface area contributed by atoms with Crippen LogP contribution in [0.5, 0.6) is 0 Å². The van der Waals surface area contributed by atoms with Crippen molar-refractivity contribution < 1.29 is 4.79 Å². The second-order valence-electron chi connectivity index (χ2n) is 8.41. The molecule has 4 aromatic rings. The summed E-state index contributed by atoms with van der Waals surface area (Å²) in [6, 6.07) is 16.4. The summed E-state index contributed by atoms with van der Waals surface area (Å²) in [5, 5.41) is 2.15. The average Bonchev–Trinajstić information content (AvgIpc) is 3.45. The van der Waals surface area contributed by atoms with Crippen molar-refractivity contribution in [2.45, 2.75) is 25.8 Å². The Morgan fingerprint density at radius 3 is 2.68 bits per heavy atom. The van der Waals surface area contributed by atoms with Crippen molar-refractivity contribution in [3.05, 3.63) is 84.1 Å². The number of aryl methyl sites for hydroxylation is 1. The highest BCUT2D eigenvalue weighted by Gasteiger charge is 2.14. The van der Waals surface area contributed by atoms with Gasteiger partial charge in [0.15, 0.2) is 5.78 Å². The molecule has 1 aliphatic rings. The molecule has 3 heterocycles. The third kappa shape index (κ3) is 4.28. The van der Waals surface area contributed by atoms with Crippen molar-refractivity contribution in [3.8, 4) is 11.3 Å². The lowest BCUT2D eigenvalue weighted by molar-refractivity contribution is 0.0992. The average molecular weight is 411 g/mol. The molecule has 0 bridgehead atoms. The van der Waals surface area contributed by atoms with Crippen molar-refractivity contribution >= 4 is 16.6 Å². The molecule has 1 aliphatic heterocycles. The quantitative estimate of drug-likeness (QED) is 0.434. The summed E-state index contributed by atoms with van der Waals surface area (Å²) in [4.78, 5) is 24.2. The van der Waals surface area contributed by atoms with Gasteiger partial charge in [-0.3, -0.25) is 14.7 Å². The standard InChI is InChI=1S/C26H26N4O/c1-29-18-27-16-25(29)20-7-8-22-15-28-24(13-23(22)12-20)14-26(31)21-6-4-5-19(11-21)17-30-9-2-3-10-30/h4-8,11-13,15-16,18H,2-3,9-10,14,17H2,1H3. The summed E-state index contributed by atoms with van der Waals surface area (Å²) >= 11 is 0. The first kappa shape index (κ1) is 19.6. The van der Waals surface area contributed by atoms with Gasteiger partial charge in [-0.15, -0.1) is 0 Å². The molecule has 0 N–H and O–H groups in total. The number of carbonyl (C=O) groups excluding carboxylic acids is 1. The van der Waals surface area contributed by atoms with Gasteiger partial charge in [0, 0.05) is 42.0 Å². The first-order valence-corrected chi connectivity index (χ1v) is 10.9. The first-order valence-electron chi connectivity index (χ1n) is 10.9. The molecule has 5 nitrogen and oxygen atoms in total. The summed E-state index contributed by atoms with van der Waals surface area (Å²) in [7, 11) is 1.99. The maximum Gasteiger partial charge on any atom is 0.168 e. The molecule has 5 rings (SSSR count). The third-order valence-corrected chi connectivity index (χ3v) is 6.09. The van der Waals surface area contributed by atoms with Crippen LogP contribution in [0.1, 0.15) is 34.5 Å². The number of Topliss-reactive ketones (excluding diaryl/α,β-unsaturated/α-hetero) is 1. The highest BCUT2D eigenvalue weighted by Crippen LogP contribution is 2.24. The summed E-state index contributed by atoms with van der Waals surface area (Å²) in [6.07, 6.45) is 8.37. The molecule has 2 aromatic heterocycles. The lowest BCUT2D eigenvalue weighted by atomic mass is 10.0. The monoisotopic (exact) mass is 410 g/mol. The van der Waals surface area contributed by atoms with Crippen LogP contribution in [-0.4, -0.2) is 38.3 Å². The van der Waals surface area contributed by atoms with Crippen LogP contribution in [0.2, 0.25) is 0 Å². The zero-order chi connectivity index (χ0) is 21.2. The molecule has 0 unspecified atom stereocenters. The molecule has 0 amide bonds. The van der Waals surface area contributed by atoms with Crippen molar-refractivity contribution in [2.75, 3.05) is 13.1 Å². The molecule has 1 fully saturated rings. The number of benzene rings is 2. The smallest absolute Gasteiger partial charge is 0.168 e. The van der Waals surface area contributed by atoms with E-state index in [1.165, 1.54) is 18.4 Å². The molecular weight excluding hydrogens is 384 g/mol. The van der Waals surface area contributed by atoms with Crippen LogP contribution >= 0.6 is 0 Å². The van der Waals surface area contributed by atoms with Gasteiger partial charge >= 0.3 is 0 Å². The van der Waals surface area contributed by atoms with E-state index in [0.717, 1.165) is 52.9 Å². The molecule has 0 radical (unpaired) electrons.